The maximum Gasteiger partial charge on any atom is 0.490 e. The van der Waals surface area contributed by atoms with Gasteiger partial charge in [-0.1, -0.05) is 24.0 Å². The molecule has 0 radical (unpaired) electrons. The number of carbonyl (C=O) groups is 2. The molecule has 0 saturated carbocycles. The second-order valence-electron chi connectivity index (χ2n) is 10.7. The van der Waals surface area contributed by atoms with Crippen LogP contribution in [0.1, 0.15) is 21.5 Å². The van der Waals surface area contributed by atoms with E-state index in [0.717, 1.165) is 0 Å². The Labute approximate surface area is 317 Å². The quantitative estimate of drug-likeness (QED) is 0.0761. The van der Waals surface area contributed by atoms with Crippen LogP contribution in [0.5, 0.6) is 0 Å². The van der Waals surface area contributed by atoms with Crippen molar-refractivity contribution in [3.63, 3.8) is 0 Å². The molecule has 0 aliphatic carbocycles. The lowest BCUT2D eigenvalue weighted by molar-refractivity contribution is -0.192. The minimum absolute atomic E-state index is 0.0711. The number of halogens is 3. The van der Waals surface area contributed by atoms with E-state index in [9.17, 15) is 26.4 Å². The summed E-state index contributed by atoms with van der Waals surface area (Å²) in [6, 6.07) is 16.4. The number of carboxylic acid groups (broad SMARTS) is 1. The summed E-state index contributed by atoms with van der Waals surface area (Å²) < 4.78 is 92.2. The summed E-state index contributed by atoms with van der Waals surface area (Å²) in [6.07, 6.45) is -1.91. The van der Waals surface area contributed by atoms with E-state index in [1.165, 1.54) is 12.1 Å². The van der Waals surface area contributed by atoms with Crippen molar-refractivity contribution in [2.24, 2.45) is 5.73 Å². The lowest BCUT2D eigenvalue weighted by Gasteiger charge is -2.08. The normalized spacial score (nSPS) is 11.2. The van der Waals surface area contributed by atoms with Crippen molar-refractivity contribution < 1.29 is 64.7 Å². The first-order valence-corrected chi connectivity index (χ1v) is 18.3. The Bertz CT molecular complexity index is 1690. The number of nitrogens with two attached hydrogens (primary N) is 1. The highest BCUT2D eigenvalue weighted by molar-refractivity contribution is 7.89. The summed E-state index contributed by atoms with van der Waals surface area (Å²) in [5.74, 6) is 2.82. The third-order valence-electron chi connectivity index (χ3n) is 6.54. The summed E-state index contributed by atoms with van der Waals surface area (Å²) in [5, 5.41) is 9.88. The first kappa shape index (κ1) is 46.7. The highest BCUT2D eigenvalue weighted by atomic mass is 32.2. The van der Waals surface area contributed by atoms with Gasteiger partial charge in [-0.05, 0) is 54.1 Å². The van der Waals surface area contributed by atoms with Crippen LogP contribution in [0.15, 0.2) is 78.0 Å². The van der Waals surface area contributed by atoms with Gasteiger partial charge < -0.3 is 44.6 Å². The number of carbonyl (C=O) groups excluding carboxylic acids is 1. The molecule has 19 heteroatoms. The molecule has 1 amide bonds. The number of alkyl halides is 3. The van der Waals surface area contributed by atoms with E-state index in [1.807, 2.05) is 0 Å². The lowest BCUT2D eigenvalue weighted by Crippen LogP contribution is -2.23. The Balaban J connectivity index is 0.00000136. The third-order valence-corrected chi connectivity index (χ3v) is 7.96. The molecule has 15 nitrogen and oxygen atoms in total. The third kappa shape index (κ3) is 21.9. The van der Waals surface area contributed by atoms with Gasteiger partial charge in [-0.3, -0.25) is 9.78 Å². The fourth-order valence-electron chi connectivity index (χ4n) is 3.84. The predicted octanol–water partition coefficient (Wildman–Crippen LogP) is 2.86. The molecular formula is C36H45F3N4O11S. The smallest absolute Gasteiger partial charge is 0.475 e. The van der Waals surface area contributed by atoms with Crippen molar-refractivity contribution in [2.45, 2.75) is 17.6 Å². The number of rotatable bonds is 24. The van der Waals surface area contributed by atoms with Crippen LogP contribution < -0.4 is 15.8 Å². The van der Waals surface area contributed by atoms with Crippen LogP contribution in [0, 0.1) is 11.8 Å². The molecular weight excluding hydrogens is 753 g/mol. The summed E-state index contributed by atoms with van der Waals surface area (Å²) in [4.78, 5) is 25.4. The second kappa shape index (κ2) is 27.1. The molecule has 1 aromatic heterocycles. The van der Waals surface area contributed by atoms with E-state index in [1.54, 1.807) is 60.9 Å². The molecule has 0 unspecified atom stereocenters. The fourth-order valence-corrected chi connectivity index (χ4v) is 4.86. The SMILES string of the molecule is NCCOCCOCCOCCOCCOCCOCC#Cc1ccc(S(=O)(=O)NCc2ccc(C(=O)Nc3cccnc3)cc2)cc1.O=C(O)C(F)(F)F. The largest absolute Gasteiger partial charge is 0.490 e. The Morgan fingerprint density at radius 1 is 0.764 bits per heavy atom. The van der Waals surface area contributed by atoms with Gasteiger partial charge in [0, 0.05) is 30.4 Å². The van der Waals surface area contributed by atoms with Gasteiger partial charge >= 0.3 is 12.1 Å². The molecule has 302 valence electrons. The van der Waals surface area contributed by atoms with Gasteiger partial charge in [0.05, 0.1) is 89.5 Å². The zero-order valence-electron chi connectivity index (χ0n) is 29.9. The van der Waals surface area contributed by atoms with Crippen LogP contribution in [0.25, 0.3) is 0 Å². The monoisotopic (exact) mass is 798 g/mol. The van der Waals surface area contributed by atoms with Crippen LogP contribution in [0.4, 0.5) is 18.9 Å². The standard InChI is InChI=1S/C34H44N4O9S.C2HF3O2/c35-13-16-43-18-20-45-22-24-47-26-25-46-23-21-44-19-17-42-15-2-3-29-7-11-33(12-8-29)48(40,41)37-27-30-5-9-31(10-6-30)34(39)38-32-4-1-14-36-28-32;3-2(4,5)1(6)7/h1,4-12,14,28,37H,13,15-27,35H2,(H,38,39);(H,6,7). The zero-order chi connectivity index (χ0) is 40.2. The molecule has 0 aliphatic rings. The van der Waals surface area contributed by atoms with Crippen molar-refractivity contribution in [1.29, 1.82) is 0 Å². The number of nitrogens with one attached hydrogen (secondary N) is 2. The number of sulfonamides is 1. The van der Waals surface area contributed by atoms with Gasteiger partial charge in [0.1, 0.15) is 6.61 Å². The van der Waals surface area contributed by atoms with Crippen molar-refractivity contribution in [3.05, 3.63) is 89.7 Å². The van der Waals surface area contributed by atoms with Crippen LogP contribution in [-0.4, -0.2) is 122 Å². The molecule has 0 fully saturated rings. The Kier molecular flexibility index (Phi) is 23.0. The Morgan fingerprint density at radius 2 is 1.27 bits per heavy atom. The van der Waals surface area contributed by atoms with Gasteiger partial charge in [0.15, 0.2) is 0 Å². The number of pyridine rings is 1. The molecule has 2 aromatic carbocycles. The molecule has 5 N–H and O–H groups in total. The van der Waals surface area contributed by atoms with Gasteiger partial charge in [-0.25, -0.2) is 17.9 Å². The number of hydrogen-bond donors (Lipinski definition) is 4. The molecule has 3 aromatic rings. The number of aliphatic carboxylic acids is 1. The Hall–Kier alpha value is -4.49. The van der Waals surface area contributed by atoms with Crippen molar-refractivity contribution in [2.75, 3.05) is 91.1 Å². The van der Waals surface area contributed by atoms with Crippen molar-refractivity contribution in [1.82, 2.24) is 9.71 Å². The first-order valence-electron chi connectivity index (χ1n) is 16.8. The number of hydrogen-bond acceptors (Lipinski definition) is 12. The molecule has 3 rings (SSSR count). The molecule has 0 saturated heterocycles. The number of aromatic nitrogens is 1. The molecule has 0 spiro atoms. The van der Waals surface area contributed by atoms with Crippen LogP contribution in [0.3, 0.4) is 0 Å². The van der Waals surface area contributed by atoms with E-state index in [4.69, 9.17) is 44.1 Å². The lowest BCUT2D eigenvalue weighted by atomic mass is 10.1. The predicted molar refractivity (Wildman–Crippen MR) is 194 cm³/mol. The van der Waals surface area contributed by atoms with E-state index >= 15 is 0 Å². The summed E-state index contributed by atoms with van der Waals surface area (Å²) in [5.41, 5.74) is 7.73. The molecule has 0 bridgehead atoms. The van der Waals surface area contributed by atoms with Gasteiger partial charge in [-0.15, -0.1) is 0 Å². The average molecular weight is 799 g/mol. The van der Waals surface area contributed by atoms with Gasteiger partial charge in [0.25, 0.3) is 5.91 Å². The van der Waals surface area contributed by atoms with Crippen LogP contribution in [-0.2, 0) is 49.8 Å². The van der Waals surface area contributed by atoms with E-state index in [-0.39, 0.29) is 24.0 Å². The first-order chi connectivity index (χ1) is 26.4. The topological polar surface area (TPSA) is 207 Å². The molecule has 55 heavy (non-hydrogen) atoms. The minimum atomic E-state index is -5.08. The number of nitrogens with zero attached hydrogens (tertiary/aromatic N) is 1. The van der Waals surface area contributed by atoms with E-state index in [2.05, 4.69) is 26.9 Å². The summed E-state index contributed by atoms with van der Waals surface area (Å²) >= 11 is 0. The minimum Gasteiger partial charge on any atom is -0.475 e. The van der Waals surface area contributed by atoms with Crippen molar-refractivity contribution in [3.8, 4) is 11.8 Å². The van der Waals surface area contributed by atoms with E-state index in [0.29, 0.717) is 102 Å². The second-order valence-corrected chi connectivity index (χ2v) is 12.5. The number of carboxylic acids is 1. The number of ether oxygens (including phenoxy) is 6. The summed E-state index contributed by atoms with van der Waals surface area (Å²) in [7, 11) is -3.75. The number of amides is 1. The van der Waals surface area contributed by atoms with Crippen LogP contribution in [0.2, 0.25) is 0 Å². The number of anilines is 1. The van der Waals surface area contributed by atoms with Crippen molar-refractivity contribution >= 4 is 27.6 Å². The van der Waals surface area contributed by atoms with Crippen LogP contribution >= 0.6 is 0 Å². The maximum absolute atomic E-state index is 12.8. The van der Waals surface area contributed by atoms with Gasteiger partial charge in [0.2, 0.25) is 10.0 Å². The zero-order valence-corrected chi connectivity index (χ0v) is 30.7. The van der Waals surface area contributed by atoms with Gasteiger partial charge in [-0.2, -0.15) is 13.2 Å². The van der Waals surface area contributed by atoms with E-state index < -0.39 is 22.2 Å². The fraction of sp³-hybridized carbons (Fsp3) is 0.417. The highest BCUT2D eigenvalue weighted by Gasteiger charge is 2.38. The highest BCUT2D eigenvalue weighted by Crippen LogP contribution is 2.14. The molecule has 1 heterocycles. The molecule has 0 aliphatic heterocycles. The number of benzene rings is 2. The maximum atomic E-state index is 12.8. The Morgan fingerprint density at radius 3 is 1.75 bits per heavy atom. The summed E-state index contributed by atoms with van der Waals surface area (Å²) in [6.45, 7) is 6.06. The molecule has 0 atom stereocenters. The average Bonchev–Trinajstić information content (AvgIpc) is 3.17.